The second-order valence-electron chi connectivity index (χ2n) is 7.43. The average Bonchev–Trinajstić information content (AvgIpc) is 3.22. The van der Waals surface area contributed by atoms with Gasteiger partial charge in [0.2, 0.25) is 5.91 Å². The van der Waals surface area contributed by atoms with Crippen LogP contribution in [0.15, 0.2) is 36.9 Å². The van der Waals surface area contributed by atoms with Crippen molar-refractivity contribution in [2.24, 2.45) is 5.41 Å². The molecule has 4 heterocycles. The summed E-state index contributed by atoms with van der Waals surface area (Å²) in [6, 6.07) is 4.35. The Morgan fingerprint density at radius 3 is 2.84 bits per heavy atom. The summed E-state index contributed by atoms with van der Waals surface area (Å²) in [7, 11) is 1.97. The van der Waals surface area contributed by atoms with Gasteiger partial charge in [0.25, 0.3) is 0 Å². The van der Waals surface area contributed by atoms with Gasteiger partial charge in [-0.05, 0) is 50.4 Å². The van der Waals surface area contributed by atoms with Gasteiger partial charge in [-0.15, -0.1) is 0 Å². The lowest BCUT2D eigenvalue weighted by Crippen LogP contribution is -2.44. The second-order valence-corrected chi connectivity index (χ2v) is 7.43. The molecule has 25 heavy (non-hydrogen) atoms. The van der Waals surface area contributed by atoms with Crippen LogP contribution in [0.5, 0.6) is 0 Å². The highest BCUT2D eigenvalue weighted by Crippen LogP contribution is 2.44. The number of carbonyl (C=O) groups is 1. The van der Waals surface area contributed by atoms with Gasteiger partial charge in [-0.1, -0.05) is 6.07 Å². The van der Waals surface area contributed by atoms with Crippen molar-refractivity contribution in [3.63, 3.8) is 0 Å². The smallest absolute Gasteiger partial charge is 0.228 e. The first-order valence-electron chi connectivity index (χ1n) is 9.03. The molecular weight excluding hydrogens is 314 g/mol. The molecule has 0 aliphatic carbocycles. The zero-order valence-electron chi connectivity index (χ0n) is 14.7. The Morgan fingerprint density at radius 1 is 1.32 bits per heavy atom. The zero-order chi connectivity index (χ0) is 17.3. The normalized spacial score (nSPS) is 23.5. The van der Waals surface area contributed by atoms with E-state index in [0.717, 1.165) is 51.1 Å². The molecule has 1 spiro atoms. The lowest BCUT2D eigenvalue weighted by molar-refractivity contribution is -0.137. The van der Waals surface area contributed by atoms with Crippen molar-refractivity contribution in [3.8, 4) is 0 Å². The minimum atomic E-state index is -0.165. The number of hydrogen-bond donors (Lipinski definition) is 1. The number of piperidine rings is 1. The van der Waals surface area contributed by atoms with Crippen LogP contribution in [0.2, 0.25) is 0 Å². The van der Waals surface area contributed by atoms with Crippen molar-refractivity contribution in [2.45, 2.75) is 38.3 Å². The summed E-state index contributed by atoms with van der Waals surface area (Å²) >= 11 is 0. The van der Waals surface area contributed by atoms with Gasteiger partial charge in [0.05, 0.1) is 12.0 Å². The number of likely N-dealkylation sites (N-methyl/N-ethyl adjacent to an activating group) is 1. The van der Waals surface area contributed by atoms with Crippen molar-refractivity contribution in [3.05, 3.63) is 48.3 Å². The van der Waals surface area contributed by atoms with E-state index in [1.54, 1.807) is 12.4 Å². The predicted molar refractivity (Wildman–Crippen MR) is 94.6 cm³/mol. The molecule has 1 atom stereocenters. The molecule has 4 rings (SSSR count). The number of carbonyl (C=O) groups excluding carboxylic acids is 1. The standard InChI is InChI=1S/C19H25N5O/c1-23-16(11-15-3-2-6-20-13-15)12-19(18(23)25)4-9-24(10-5-19)14-17-21-7-8-22-17/h2-3,6-8,13,16H,4-5,9-12,14H2,1H3,(H,21,22)/t16-/m1/s1. The molecule has 0 bridgehead atoms. The van der Waals surface area contributed by atoms with Gasteiger partial charge in [-0.25, -0.2) is 4.98 Å². The molecule has 0 aromatic carbocycles. The molecule has 132 valence electrons. The third-order valence-electron chi connectivity index (χ3n) is 5.88. The average molecular weight is 339 g/mol. The fourth-order valence-corrected chi connectivity index (χ4v) is 4.37. The molecule has 0 saturated carbocycles. The van der Waals surface area contributed by atoms with E-state index in [0.29, 0.717) is 5.91 Å². The van der Waals surface area contributed by atoms with Crippen LogP contribution >= 0.6 is 0 Å². The number of amides is 1. The van der Waals surface area contributed by atoms with E-state index in [9.17, 15) is 4.79 Å². The molecule has 2 aliphatic heterocycles. The Morgan fingerprint density at radius 2 is 2.16 bits per heavy atom. The number of H-pyrrole nitrogens is 1. The third-order valence-corrected chi connectivity index (χ3v) is 5.88. The largest absolute Gasteiger partial charge is 0.348 e. The minimum absolute atomic E-state index is 0.165. The van der Waals surface area contributed by atoms with Gasteiger partial charge in [-0.2, -0.15) is 0 Å². The summed E-state index contributed by atoms with van der Waals surface area (Å²) in [5, 5.41) is 0. The Kier molecular flexibility index (Phi) is 4.29. The predicted octanol–water partition coefficient (Wildman–Crippen LogP) is 1.86. The summed E-state index contributed by atoms with van der Waals surface area (Å²) in [5.41, 5.74) is 1.04. The number of imidazole rings is 1. The maximum Gasteiger partial charge on any atom is 0.228 e. The van der Waals surface area contributed by atoms with Crippen LogP contribution in [0.1, 0.15) is 30.7 Å². The molecular formula is C19H25N5O. The lowest BCUT2D eigenvalue weighted by Gasteiger charge is -2.37. The number of hydrogen-bond acceptors (Lipinski definition) is 4. The SMILES string of the molecule is CN1C(=O)C2(CCN(Cc3ncc[nH]3)CC2)C[C@H]1Cc1cccnc1. The molecule has 2 aromatic heterocycles. The molecule has 2 aromatic rings. The quantitative estimate of drug-likeness (QED) is 0.923. The molecule has 1 amide bonds. The molecule has 2 fully saturated rings. The minimum Gasteiger partial charge on any atom is -0.348 e. The first-order valence-corrected chi connectivity index (χ1v) is 9.03. The number of nitrogens with one attached hydrogen (secondary N) is 1. The molecule has 2 aliphatic rings. The van der Waals surface area contributed by atoms with E-state index in [1.165, 1.54) is 5.56 Å². The van der Waals surface area contributed by atoms with E-state index in [-0.39, 0.29) is 11.5 Å². The maximum absolute atomic E-state index is 13.0. The van der Waals surface area contributed by atoms with E-state index >= 15 is 0 Å². The fourth-order valence-electron chi connectivity index (χ4n) is 4.37. The van der Waals surface area contributed by atoms with Crippen LogP contribution in [-0.4, -0.2) is 56.8 Å². The summed E-state index contributed by atoms with van der Waals surface area (Å²) in [5.74, 6) is 1.33. The molecule has 0 unspecified atom stereocenters. The summed E-state index contributed by atoms with van der Waals surface area (Å²) in [6.45, 7) is 2.76. The molecule has 1 N–H and O–H groups in total. The van der Waals surface area contributed by atoms with Crippen LogP contribution in [0.4, 0.5) is 0 Å². The van der Waals surface area contributed by atoms with Crippen LogP contribution < -0.4 is 0 Å². The summed E-state index contributed by atoms with van der Waals surface area (Å²) in [6.07, 6.45) is 11.1. The van der Waals surface area contributed by atoms with Crippen molar-refractivity contribution in [1.29, 1.82) is 0 Å². The molecule has 6 heteroatoms. The Balaban J connectivity index is 1.40. The number of nitrogens with zero attached hydrogens (tertiary/aromatic N) is 4. The first kappa shape index (κ1) is 16.3. The van der Waals surface area contributed by atoms with Gasteiger partial charge in [0, 0.05) is 37.9 Å². The monoisotopic (exact) mass is 339 g/mol. The molecule has 6 nitrogen and oxygen atoms in total. The highest BCUT2D eigenvalue weighted by Gasteiger charge is 2.51. The summed E-state index contributed by atoms with van der Waals surface area (Å²) < 4.78 is 0. The zero-order valence-corrected chi connectivity index (χ0v) is 14.7. The Hall–Kier alpha value is -2.21. The van der Waals surface area contributed by atoms with Crippen LogP contribution in [0.3, 0.4) is 0 Å². The maximum atomic E-state index is 13.0. The van der Waals surface area contributed by atoms with E-state index in [4.69, 9.17) is 0 Å². The third kappa shape index (κ3) is 3.18. The Labute approximate surface area is 148 Å². The van der Waals surface area contributed by atoms with Gasteiger partial charge >= 0.3 is 0 Å². The van der Waals surface area contributed by atoms with Gasteiger partial charge in [0.1, 0.15) is 5.82 Å². The second kappa shape index (κ2) is 6.59. The van der Waals surface area contributed by atoms with Crippen LogP contribution in [0.25, 0.3) is 0 Å². The van der Waals surface area contributed by atoms with Crippen molar-refractivity contribution < 1.29 is 4.79 Å². The molecule has 0 radical (unpaired) electrons. The Bertz CT molecular complexity index is 707. The lowest BCUT2D eigenvalue weighted by atomic mass is 9.75. The van der Waals surface area contributed by atoms with E-state index in [2.05, 4.69) is 25.9 Å². The van der Waals surface area contributed by atoms with E-state index < -0.39 is 0 Å². The van der Waals surface area contributed by atoms with E-state index in [1.807, 2.05) is 30.4 Å². The van der Waals surface area contributed by atoms with Crippen molar-refractivity contribution >= 4 is 5.91 Å². The number of pyridine rings is 1. The number of aromatic amines is 1. The topological polar surface area (TPSA) is 65.1 Å². The van der Waals surface area contributed by atoms with Gasteiger partial charge < -0.3 is 9.88 Å². The van der Waals surface area contributed by atoms with Crippen LogP contribution in [-0.2, 0) is 17.8 Å². The number of aromatic nitrogens is 3. The van der Waals surface area contributed by atoms with Gasteiger partial charge in [0.15, 0.2) is 0 Å². The summed E-state index contributed by atoms with van der Waals surface area (Å²) in [4.78, 5) is 29.0. The van der Waals surface area contributed by atoms with Crippen LogP contribution in [0, 0.1) is 5.41 Å². The van der Waals surface area contributed by atoms with Gasteiger partial charge in [-0.3, -0.25) is 14.7 Å². The number of likely N-dealkylation sites (tertiary alicyclic amines) is 2. The highest BCUT2D eigenvalue weighted by atomic mass is 16.2. The number of rotatable bonds is 4. The fraction of sp³-hybridized carbons (Fsp3) is 0.526. The van der Waals surface area contributed by atoms with Crippen molar-refractivity contribution in [1.82, 2.24) is 24.8 Å². The highest BCUT2D eigenvalue weighted by molar-refractivity contribution is 5.85. The molecule has 2 saturated heterocycles. The first-order chi connectivity index (χ1) is 12.2. The van der Waals surface area contributed by atoms with Crippen molar-refractivity contribution in [2.75, 3.05) is 20.1 Å².